The second-order valence-corrected chi connectivity index (χ2v) is 20.7. The molecule has 3 heteroatoms. The Morgan fingerprint density at radius 2 is 0.880 bits per heavy atom. The van der Waals surface area contributed by atoms with Gasteiger partial charge in [-0.3, -0.25) is 0 Å². The molecule has 0 saturated heterocycles. The molecule has 2 aliphatic carbocycles. The van der Waals surface area contributed by atoms with Crippen molar-refractivity contribution in [1.29, 1.82) is 0 Å². The predicted octanol–water partition coefficient (Wildman–Crippen LogP) is 19.4. The van der Waals surface area contributed by atoms with Crippen LogP contribution in [0.1, 0.15) is 47.2 Å². The Morgan fingerprint density at radius 3 is 1.55 bits per heavy atom. The number of fused-ring (bicyclic) bond motifs is 13. The molecule has 0 N–H and O–H groups in total. The van der Waals surface area contributed by atoms with Crippen molar-refractivity contribution >= 4 is 45.1 Å². The predicted molar refractivity (Wildman–Crippen MR) is 310 cm³/mol. The third-order valence-corrected chi connectivity index (χ3v) is 16.5. The number of anilines is 6. The van der Waals surface area contributed by atoms with E-state index in [0.29, 0.717) is 0 Å². The first-order valence-corrected chi connectivity index (χ1v) is 26.1. The van der Waals surface area contributed by atoms with Crippen LogP contribution in [0.4, 0.5) is 34.1 Å². The average molecular weight is 959 g/mol. The maximum absolute atomic E-state index is 7.17. The second kappa shape index (κ2) is 16.5. The minimum atomic E-state index is -0.632. The van der Waals surface area contributed by atoms with E-state index in [9.17, 15) is 0 Å². The number of benzene rings is 11. The summed E-state index contributed by atoms with van der Waals surface area (Å²) in [4.78, 5) is 5.00. The molecule has 3 aliphatic rings. The molecule has 3 nitrogen and oxygen atoms in total. The number of para-hydroxylation sites is 3. The van der Waals surface area contributed by atoms with Gasteiger partial charge in [0.1, 0.15) is 11.3 Å². The molecule has 75 heavy (non-hydrogen) atoms. The summed E-state index contributed by atoms with van der Waals surface area (Å²) in [5.74, 6) is 0.863. The maximum Gasteiger partial charge on any atom is 0.143 e. The summed E-state index contributed by atoms with van der Waals surface area (Å²) in [5, 5.41) is 1.07. The number of rotatable bonds is 7. The summed E-state index contributed by atoms with van der Waals surface area (Å²) in [5.41, 5.74) is 25.0. The number of furan rings is 1. The molecule has 354 valence electrons. The minimum Gasteiger partial charge on any atom is -0.455 e. The Bertz CT molecular complexity index is 4160. The molecule has 1 spiro atoms. The lowest BCUT2D eigenvalue weighted by Gasteiger charge is -2.45. The van der Waals surface area contributed by atoms with Crippen LogP contribution in [-0.2, 0) is 10.8 Å². The van der Waals surface area contributed by atoms with E-state index in [4.69, 9.17) is 4.42 Å². The van der Waals surface area contributed by atoms with Crippen LogP contribution >= 0.6 is 0 Å². The van der Waals surface area contributed by atoms with Crippen molar-refractivity contribution in [2.45, 2.75) is 24.7 Å². The van der Waals surface area contributed by atoms with Crippen LogP contribution in [0.25, 0.3) is 66.8 Å². The molecule has 2 heterocycles. The van der Waals surface area contributed by atoms with Gasteiger partial charge in [-0.05, 0) is 116 Å². The molecule has 0 amide bonds. The lowest BCUT2D eigenvalue weighted by Crippen LogP contribution is -2.36. The van der Waals surface area contributed by atoms with Crippen molar-refractivity contribution in [1.82, 2.24) is 0 Å². The molecule has 1 aromatic heterocycles. The van der Waals surface area contributed by atoms with Crippen LogP contribution < -0.4 is 9.80 Å². The van der Waals surface area contributed by atoms with Crippen LogP contribution in [0.2, 0.25) is 0 Å². The van der Waals surface area contributed by atoms with Gasteiger partial charge in [-0.25, -0.2) is 0 Å². The summed E-state index contributed by atoms with van der Waals surface area (Å²) in [7, 11) is 0. The Labute approximate surface area is 437 Å². The van der Waals surface area contributed by atoms with Crippen molar-refractivity contribution in [3.8, 4) is 55.8 Å². The average Bonchev–Trinajstić information content (AvgIpc) is 4.29. The molecule has 0 fully saturated rings. The topological polar surface area (TPSA) is 19.6 Å². The van der Waals surface area contributed by atoms with Gasteiger partial charge in [-0.2, -0.15) is 0 Å². The van der Waals surface area contributed by atoms with Gasteiger partial charge in [-0.1, -0.05) is 220 Å². The zero-order valence-electron chi connectivity index (χ0n) is 41.7. The third-order valence-electron chi connectivity index (χ3n) is 16.5. The Balaban J connectivity index is 1.02. The fourth-order valence-electron chi connectivity index (χ4n) is 13.3. The molecule has 1 aliphatic heterocycles. The SMILES string of the molecule is CC1(C)c2cc(-c3ccccc3)ccc2-c2c(N(c3ccc4c(-c5ccccc5)c(-c5ccccc5)oc4c3)c3cccc4c3-c3ccccc3C43c4ccccc4N(c4ccccc4)c4ccccc43)cccc21. The van der Waals surface area contributed by atoms with Gasteiger partial charge in [0, 0.05) is 50.5 Å². The highest BCUT2D eigenvalue weighted by Gasteiger charge is 2.53. The normalized spacial score (nSPS) is 13.9. The van der Waals surface area contributed by atoms with Gasteiger partial charge >= 0.3 is 0 Å². The van der Waals surface area contributed by atoms with Crippen LogP contribution in [0, 0.1) is 0 Å². The maximum atomic E-state index is 7.17. The lowest BCUT2D eigenvalue weighted by molar-refractivity contribution is 0.632. The molecule has 15 rings (SSSR count). The van der Waals surface area contributed by atoms with Gasteiger partial charge in [0.2, 0.25) is 0 Å². The monoisotopic (exact) mass is 958 g/mol. The first-order chi connectivity index (χ1) is 37.0. The Kier molecular flexibility index (Phi) is 9.52. The molecular formula is C72H50N2O. The van der Waals surface area contributed by atoms with Gasteiger partial charge in [0.25, 0.3) is 0 Å². The zero-order valence-corrected chi connectivity index (χ0v) is 41.7. The van der Waals surface area contributed by atoms with E-state index in [1.807, 2.05) is 0 Å². The molecule has 0 unspecified atom stereocenters. The zero-order chi connectivity index (χ0) is 49.8. The van der Waals surface area contributed by atoms with Crippen molar-refractivity contribution in [2.75, 3.05) is 9.80 Å². The van der Waals surface area contributed by atoms with Crippen LogP contribution in [0.15, 0.2) is 271 Å². The van der Waals surface area contributed by atoms with E-state index < -0.39 is 5.41 Å². The van der Waals surface area contributed by atoms with Crippen molar-refractivity contribution < 1.29 is 4.42 Å². The molecule has 0 radical (unpaired) electrons. The van der Waals surface area contributed by atoms with Crippen LogP contribution in [0.3, 0.4) is 0 Å². The van der Waals surface area contributed by atoms with Gasteiger partial charge in [-0.15, -0.1) is 0 Å². The lowest BCUT2D eigenvalue weighted by atomic mass is 9.64. The first kappa shape index (κ1) is 43.2. The summed E-state index contributed by atoms with van der Waals surface area (Å²) >= 11 is 0. The standard InChI is InChI=1S/C72H50N2O/c1-71(2)59-35-21-39-64(68(59)54-43-41-50(45-61(54)71)47-23-7-3-8-24-47)74(52-42-44-55-66(46-52)75-70(49-27-11-5-12-28-49)67(55)48-25-9-4-10-26-48)65-40-22-36-60-69(65)53-31-15-16-32-56(53)72(60)57-33-17-19-37-62(57)73(51-29-13-6-14-30-51)63-38-20-18-34-58(63)72/h3-46H,1-2H3. The number of hydrogen-bond acceptors (Lipinski definition) is 3. The van der Waals surface area contributed by atoms with Crippen LogP contribution in [0.5, 0.6) is 0 Å². The quantitative estimate of drug-likeness (QED) is 0.159. The van der Waals surface area contributed by atoms with E-state index in [0.717, 1.165) is 56.2 Å². The van der Waals surface area contributed by atoms with E-state index >= 15 is 0 Å². The minimum absolute atomic E-state index is 0.271. The summed E-state index contributed by atoms with van der Waals surface area (Å²) in [6.45, 7) is 4.78. The van der Waals surface area contributed by atoms with Gasteiger partial charge in [0.05, 0.1) is 28.2 Å². The highest BCUT2D eigenvalue weighted by Crippen LogP contribution is 2.66. The van der Waals surface area contributed by atoms with Crippen molar-refractivity contribution in [3.05, 3.63) is 300 Å². The molecule has 11 aromatic carbocycles. The first-order valence-electron chi connectivity index (χ1n) is 26.1. The molecule has 0 atom stereocenters. The van der Waals surface area contributed by atoms with E-state index in [2.05, 4.69) is 291 Å². The molecule has 0 bridgehead atoms. The summed E-state index contributed by atoms with van der Waals surface area (Å²) < 4.78 is 7.17. The van der Waals surface area contributed by atoms with Crippen LogP contribution in [-0.4, -0.2) is 0 Å². The third kappa shape index (κ3) is 6.22. The van der Waals surface area contributed by atoms with Gasteiger partial charge in [0.15, 0.2) is 0 Å². The van der Waals surface area contributed by atoms with Crippen molar-refractivity contribution in [3.63, 3.8) is 0 Å². The Morgan fingerprint density at radius 1 is 0.360 bits per heavy atom. The highest BCUT2D eigenvalue weighted by atomic mass is 16.3. The summed E-state index contributed by atoms with van der Waals surface area (Å²) in [6, 6.07) is 98.1. The molecule has 12 aromatic rings. The number of hydrogen-bond donors (Lipinski definition) is 0. The van der Waals surface area contributed by atoms with E-state index in [1.165, 1.54) is 78.1 Å². The fourth-order valence-corrected chi connectivity index (χ4v) is 13.3. The largest absolute Gasteiger partial charge is 0.455 e. The van der Waals surface area contributed by atoms with E-state index in [-0.39, 0.29) is 5.41 Å². The molecular weight excluding hydrogens is 909 g/mol. The summed E-state index contributed by atoms with van der Waals surface area (Å²) in [6.07, 6.45) is 0. The van der Waals surface area contributed by atoms with E-state index in [1.54, 1.807) is 0 Å². The van der Waals surface area contributed by atoms with Gasteiger partial charge < -0.3 is 14.2 Å². The number of nitrogens with zero attached hydrogens (tertiary/aromatic N) is 2. The molecule has 0 saturated carbocycles. The Hall–Kier alpha value is -9.44. The second-order valence-electron chi connectivity index (χ2n) is 20.7. The van der Waals surface area contributed by atoms with Crippen molar-refractivity contribution in [2.24, 2.45) is 0 Å². The fraction of sp³-hybridized carbons (Fsp3) is 0.0556. The highest BCUT2D eigenvalue weighted by molar-refractivity contribution is 6.07. The smallest absolute Gasteiger partial charge is 0.143 e.